The van der Waals surface area contributed by atoms with Crippen molar-refractivity contribution >= 4 is 12.2 Å². The van der Waals surface area contributed by atoms with Crippen molar-refractivity contribution in [2.75, 3.05) is 20.8 Å². The Morgan fingerprint density at radius 3 is 2.35 bits per heavy atom. The Morgan fingerprint density at radius 1 is 1.30 bits per heavy atom. The Hall–Kier alpha value is -2.28. The van der Waals surface area contributed by atoms with Crippen molar-refractivity contribution in [3.05, 3.63) is 17.7 Å². The lowest BCUT2D eigenvalue weighted by molar-refractivity contribution is 0.339. The predicted molar refractivity (Wildman–Crippen MR) is 76.8 cm³/mol. The fraction of sp³-hybridized carbons (Fsp3) is 0.385. The first-order valence-electron chi connectivity index (χ1n) is 6.05. The second-order valence-electron chi connectivity index (χ2n) is 4.69. The highest BCUT2D eigenvalue weighted by molar-refractivity contribution is 5.91. The number of hydrogen-bond acceptors (Lipinski definition) is 7. The molecule has 1 aliphatic rings. The van der Waals surface area contributed by atoms with Crippen LogP contribution >= 0.6 is 0 Å². The number of aliphatic imine (C=N–C) groups is 2. The smallest absolute Gasteiger partial charge is 0.215 e. The van der Waals surface area contributed by atoms with Gasteiger partial charge in [0, 0.05) is 6.21 Å². The van der Waals surface area contributed by atoms with Gasteiger partial charge >= 0.3 is 0 Å². The number of guanidine groups is 1. The standard InChI is InChI=1S/C13H18N4O3/c1-19-9-3-8(4-10(20-2)11(9)18)5-13(15)6-16-12(14)17-7-13/h3-4,6,18H,5,7,15H2,1-2H3,(H2,14,17). The average Bonchev–Trinajstić information content (AvgIpc) is 2.44. The second kappa shape index (κ2) is 5.38. The number of phenolic OH excluding ortho intramolecular Hbond substituents is 1. The third-order valence-electron chi connectivity index (χ3n) is 3.06. The van der Waals surface area contributed by atoms with Crippen molar-refractivity contribution in [2.24, 2.45) is 21.5 Å². The number of hydrogen-bond donors (Lipinski definition) is 3. The monoisotopic (exact) mass is 278 g/mol. The van der Waals surface area contributed by atoms with Crippen LogP contribution in [0.1, 0.15) is 5.56 Å². The maximum Gasteiger partial charge on any atom is 0.215 e. The zero-order valence-electron chi connectivity index (χ0n) is 11.5. The topological polar surface area (TPSA) is 115 Å². The predicted octanol–water partition coefficient (Wildman–Crippen LogP) is 0.0485. The summed E-state index contributed by atoms with van der Waals surface area (Å²) >= 11 is 0. The minimum absolute atomic E-state index is 0.0376. The van der Waals surface area contributed by atoms with Gasteiger partial charge in [-0.05, 0) is 24.1 Å². The summed E-state index contributed by atoms with van der Waals surface area (Å²) in [4.78, 5) is 7.99. The zero-order valence-corrected chi connectivity index (χ0v) is 11.5. The summed E-state index contributed by atoms with van der Waals surface area (Å²) in [6.07, 6.45) is 2.07. The summed E-state index contributed by atoms with van der Waals surface area (Å²) < 4.78 is 10.2. The summed E-state index contributed by atoms with van der Waals surface area (Å²) in [5, 5.41) is 9.87. The van der Waals surface area contributed by atoms with Gasteiger partial charge in [-0.3, -0.25) is 0 Å². The van der Waals surface area contributed by atoms with Gasteiger partial charge < -0.3 is 26.0 Å². The minimum atomic E-state index is -0.712. The summed E-state index contributed by atoms with van der Waals surface area (Å²) in [5.74, 6) is 0.855. The minimum Gasteiger partial charge on any atom is -0.502 e. The van der Waals surface area contributed by atoms with Crippen molar-refractivity contribution < 1.29 is 14.6 Å². The van der Waals surface area contributed by atoms with Gasteiger partial charge in [0.2, 0.25) is 11.7 Å². The Kier molecular flexibility index (Phi) is 3.80. The van der Waals surface area contributed by atoms with Crippen LogP contribution in [0.25, 0.3) is 0 Å². The number of rotatable bonds is 4. The van der Waals surface area contributed by atoms with Gasteiger partial charge in [-0.2, -0.15) is 0 Å². The Morgan fingerprint density at radius 2 is 1.90 bits per heavy atom. The Balaban J connectivity index is 2.28. The van der Waals surface area contributed by atoms with Gasteiger partial charge in [-0.1, -0.05) is 0 Å². The molecule has 7 heteroatoms. The van der Waals surface area contributed by atoms with Gasteiger partial charge in [0.05, 0.1) is 26.3 Å². The molecule has 108 valence electrons. The maximum absolute atomic E-state index is 9.87. The molecule has 0 amide bonds. The van der Waals surface area contributed by atoms with Crippen molar-refractivity contribution in [1.82, 2.24) is 0 Å². The summed E-state index contributed by atoms with van der Waals surface area (Å²) in [6.45, 7) is 0.355. The number of methoxy groups -OCH3 is 2. The fourth-order valence-electron chi connectivity index (χ4n) is 2.04. The first-order chi connectivity index (χ1) is 9.47. The van der Waals surface area contributed by atoms with Crippen molar-refractivity contribution in [2.45, 2.75) is 12.0 Å². The van der Waals surface area contributed by atoms with Crippen molar-refractivity contribution in [3.63, 3.8) is 0 Å². The van der Waals surface area contributed by atoms with Crippen LogP contribution in [0.15, 0.2) is 22.1 Å². The molecule has 1 aromatic carbocycles. The molecular weight excluding hydrogens is 260 g/mol. The van der Waals surface area contributed by atoms with E-state index in [1.165, 1.54) is 14.2 Å². The molecule has 0 bridgehead atoms. The van der Waals surface area contributed by atoms with E-state index in [0.29, 0.717) is 24.5 Å². The number of ether oxygens (including phenoxy) is 2. The van der Waals surface area contributed by atoms with Crippen LogP contribution in [0.3, 0.4) is 0 Å². The van der Waals surface area contributed by atoms with E-state index in [2.05, 4.69) is 9.98 Å². The quantitative estimate of drug-likeness (QED) is 0.719. The molecular formula is C13H18N4O3. The number of aromatic hydroxyl groups is 1. The van der Waals surface area contributed by atoms with E-state index in [-0.39, 0.29) is 11.7 Å². The van der Waals surface area contributed by atoms with Crippen LogP contribution in [0, 0.1) is 0 Å². The molecule has 20 heavy (non-hydrogen) atoms. The van der Waals surface area contributed by atoms with Crippen molar-refractivity contribution in [1.29, 1.82) is 0 Å². The van der Waals surface area contributed by atoms with Gasteiger partial charge in [0.25, 0.3) is 0 Å². The summed E-state index contributed by atoms with van der Waals surface area (Å²) in [5.41, 5.74) is 11.8. The third kappa shape index (κ3) is 2.83. The Labute approximate surface area is 116 Å². The summed E-state index contributed by atoms with van der Waals surface area (Å²) in [6, 6.07) is 3.42. The molecule has 0 aromatic heterocycles. The first-order valence-corrected chi connectivity index (χ1v) is 6.05. The molecule has 0 aliphatic carbocycles. The number of benzene rings is 1. The van der Waals surface area contributed by atoms with Crippen LogP contribution in [0.5, 0.6) is 17.2 Å². The molecule has 7 nitrogen and oxygen atoms in total. The molecule has 1 aliphatic heterocycles. The number of nitrogens with two attached hydrogens (primary N) is 2. The van der Waals surface area contributed by atoms with Crippen LogP contribution < -0.4 is 20.9 Å². The van der Waals surface area contributed by atoms with E-state index in [4.69, 9.17) is 20.9 Å². The fourth-order valence-corrected chi connectivity index (χ4v) is 2.04. The second-order valence-corrected chi connectivity index (χ2v) is 4.69. The first kappa shape index (κ1) is 14.1. The highest BCUT2D eigenvalue weighted by atomic mass is 16.5. The van der Waals surface area contributed by atoms with Crippen LogP contribution in [0.2, 0.25) is 0 Å². The molecule has 2 rings (SSSR count). The SMILES string of the molecule is COc1cc(CC2(N)C=NC(N)=NC2)cc(OC)c1O. The summed E-state index contributed by atoms with van der Waals surface area (Å²) in [7, 11) is 2.95. The number of phenols is 1. The van der Waals surface area contributed by atoms with Crippen LogP contribution in [-0.4, -0.2) is 43.6 Å². The molecule has 1 aromatic rings. The molecule has 1 atom stereocenters. The molecule has 0 saturated carbocycles. The van der Waals surface area contributed by atoms with E-state index < -0.39 is 5.54 Å². The van der Waals surface area contributed by atoms with E-state index in [0.717, 1.165) is 5.56 Å². The average molecular weight is 278 g/mol. The molecule has 0 saturated heterocycles. The molecule has 1 heterocycles. The zero-order chi connectivity index (χ0) is 14.8. The Bertz CT molecular complexity index is 546. The third-order valence-corrected chi connectivity index (χ3v) is 3.06. The molecule has 5 N–H and O–H groups in total. The largest absolute Gasteiger partial charge is 0.502 e. The van der Waals surface area contributed by atoms with Gasteiger partial charge in [-0.25, -0.2) is 9.98 Å². The maximum atomic E-state index is 9.87. The van der Waals surface area contributed by atoms with Gasteiger partial charge in [-0.15, -0.1) is 0 Å². The van der Waals surface area contributed by atoms with E-state index >= 15 is 0 Å². The lowest BCUT2D eigenvalue weighted by Gasteiger charge is -2.26. The van der Waals surface area contributed by atoms with E-state index in [9.17, 15) is 5.11 Å². The lowest BCUT2D eigenvalue weighted by atomic mass is 9.92. The highest BCUT2D eigenvalue weighted by Gasteiger charge is 2.27. The lowest BCUT2D eigenvalue weighted by Crippen LogP contribution is -2.49. The van der Waals surface area contributed by atoms with Crippen LogP contribution in [0.4, 0.5) is 0 Å². The normalized spacial score (nSPS) is 21.4. The molecule has 0 radical (unpaired) electrons. The van der Waals surface area contributed by atoms with Gasteiger partial charge in [0.15, 0.2) is 11.5 Å². The van der Waals surface area contributed by atoms with E-state index in [1.807, 2.05) is 0 Å². The van der Waals surface area contributed by atoms with Gasteiger partial charge in [0.1, 0.15) is 0 Å². The molecule has 0 spiro atoms. The van der Waals surface area contributed by atoms with E-state index in [1.54, 1.807) is 18.3 Å². The van der Waals surface area contributed by atoms with Crippen LogP contribution in [-0.2, 0) is 6.42 Å². The van der Waals surface area contributed by atoms with Crippen molar-refractivity contribution in [3.8, 4) is 17.2 Å². The highest BCUT2D eigenvalue weighted by Crippen LogP contribution is 2.37. The number of nitrogens with zero attached hydrogens (tertiary/aromatic N) is 2. The molecule has 1 unspecified atom stereocenters. The molecule has 0 fully saturated rings.